The van der Waals surface area contributed by atoms with Crippen molar-refractivity contribution in [2.24, 2.45) is 5.73 Å². The molecule has 2 heterocycles. The van der Waals surface area contributed by atoms with Crippen LogP contribution >= 0.6 is 11.6 Å². The van der Waals surface area contributed by atoms with E-state index in [0.29, 0.717) is 12.4 Å². The molecule has 2 aromatic heterocycles. The summed E-state index contributed by atoms with van der Waals surface area (Å²) >= 11 is 5.71. The Hall–Kier alpha value is -2.15. The zero-order valence-corrected chi connectivity index (χ0v) is 11.2. The number of aromatic amines is 1. The third kappa shape index (κ3) is 2.82. The minimum atomic E-state index is -0.611. The molecule has 0 aliphatic rings. The largest absolute Gasteiger partial charge is 0.365 e. The number of nitrogens with two attached hydrogens (primary N) is 1. The molecule has 0 saturated heterocycles. The highest BCUT2D eigenvalue weighted by atomic mass is 35.5. The predicted octanol–water partition coefficient (Wildman–Crippen LogP) is 1.18. The van der Waals surface area contributed by atoms with Crippen LogP contribution in [0.2, 0.25) is 5.28 Å². The molecule has 0 fully saturated rings. The van der Waals surface area contributed by atoms with Gasteiger partial charge in [-0.05, 0) is 25.4 Å². The Morgan fingerprint density at radius 2 is 2.26 bits per heavy atom. The molecule has 0 saturated carbocycles. The standard InChI is InChI=1S/C11H13ClN6O/c1-5-7(6(2)18-17-5)3-14-10-8(9(13)19)4-15-11(12)16-10/h4H,3H2,1-2H3,(H2,13,19)(H,17,18)(H,14,15,16). The summed E-state index contributed by atoms with van der Waals surface area (Å²) in [6.07, 6.45) is 1.30. The van der Waals surface area contributed by atoms with E-state index in [-0.39, 0.29) is 10.8 Å². The number of amides is 1. The molecule has 0 atom stereocenters. The fourth-order valence-corrected chi connectivity index (χ4v) is 1.82. The highest BCUT2D eigenvalue weighted by Gasteiger charge is 2.13. The molecule has 0 aromatic carbocycles. The van der Waals surface area contributed by atoms with Crippen molar-refractivity contribution in [3.63, 3.8) is 0 Å². The van der Waals surface area contributed by atoms with Gasteiger partial charge in [0.1, 0.15) is 5.82 Å². The van der Waals surface area contributed by atoms with Crippen LogP contribution in [0.4, 0.5) is 5.82 Å². The van der Waals surface area contributed by atoms with Gasteiger partial charge < -0.3 is 11.1 Å². The van der Waals surface area contributed by atoms with Gasteiger partial charge in [0.2, 0.25) is 5.28 Å². The van der Waals surface area contributed by atoms with Crippen LogP contribution in [0.5, 0.6) is 0 Å². The van der Waals surface area contributed by atoms with Crippen molar-refractivity contribution < 1.29 is 4.79 Å². The van der Waals surface area contributed by atoms with Gasteiger partial charge in [0.25, 0.3) is 5.91 Å². The highest BCUT2D eigenvalue weighted by molar-refractivity contribution is 6.28. The summed E-state index contributed by atoms with van der Waals surface area (Å²) in [6.45, 7) is 4.27. The number of rotatable bonds is 4. The monoisotopic (exact) mass is 280 g/mol. The third-order valence-corrected chi connectivity index (χ3v) is 2.92. The van der Waals surface area contributed by atoms with Crippen molar-refractivity contribution in [3.05, 3.63) is 34.0 Å². The van der Waals surface area contributed by atoms with Gasteiger partial charge in [-0.3, -0.25) is 9.89 Å². The van der Waals surface area contributed by atoms with E-state index in [2.05, 4.69) is 25.5 Å². The first kappa shape index (κ1) is 13.3. The van der Waals surface area contributed by atoms with Crippen molar-refractivity contribution in [2.75, 3.05) is 5.32 Å². The van der Waals surface area contributed by atoms with Crippen molar-refractivity contribution in [2.45, 2.75) is 20.4 Å². The Morgan fingerprint density at radius 3 is 2.84 bits per heavy atom. The van der Waals surface area contributed by atoms with Gasteiger partial charge in [0, 0.05) is 24.0 Å². The maximum absolute atomic E-state index is 11.3. The molecule has 2 rings (SSSR count). The first-order valence-corrected chi connectivity index (χ1v) is 5.93. The molecule has 8 heteroatoms. The first-order chi connectivity index (χ1) is 8.99. The quantitative estimate of drug-likeness (QED) is 0.729. The smallest absolute Gasteiger partial charge is 0.254 e. The van der Waals surface area contributed by atoms with Gasteiger partial charge in [-0.25, -0.2) is 4.98 Å². The fourth-order valence-electron chi connectivity index (χ4n) is 1.68. The van der Waals surface area contributed by atoms with Crippen LogP contribution in [0.3, 0.4) is 0 Å². The SMILES string of the molecule is Cc1n[nH]c(C)c1CNc1nc(Cl)ncc1C(N)=O. The van der Waals surface area contributed by atoms with E-state index in [4.69, 9.17) is 17.3 Å². The number of aromatic nitrogens is 4. The van der Waals surface area contributed by atoms with Gasteiger partial charge in [-0.1, -0.05) is 0 Å². The Kier molecular flexibility index (Phi) is 3.66. The van der Waals surface area contributed by atoms with E-state index in [0.717, 1.165) is 17.0 Å². The average Bonchev–Trinajstić information content (AvgIpc) is 2.66. The summed E-state index contributed by atoms with van der Waals surface area (Å²) in [7, 11) is 0. The second-order valence-corrected chi connectivity index (χ2v) is 4.37. The highest BCUT2D eigenvalue weighted by Crippen LogP contribution is 2.16. The summed E-state index contributed by atoms with van der Waals surface area (Å²) in [6, 6.07) is 0. The van der Waals surface area contributed by atoms with Crippen molar-refractivity contribution >= 4 is 23.3 Å². The molecule has 4 N–H and O–H groups in total. The second kappa shape index (κ2) is 5.23. The van der Waals surface area contributed by atoms with Crippen LogP contribution in [-0.4, -0.2) is 26.1 Å². The van der Waals surface area contributed by atoms with Crippen LogP contribution in [0.25, 0.3) is 0 Å². The maximum Gasteiger partial charge on any atom is 0.254 e. The first-order valence-electron chi connectivity index (χ1n) is 5.55. The van der Waals surface area contributed by atoms with Crippen molar-refractivity contribution in [1.82, 2.24) is 20.2 Å². The number of halogens is 1. The van der Waals surface area contributed by atoms with Crippen LogP contribution < -0.4 is 11.1 Å². The zero-order chi connectivity index (χ0) is 14.0. The van der Waals surface area contributed by atoms with Crippen LogP contribution in [0, 0.1) is 13.8 Å². The molecule has 19 heavy (non-hydrogen) atoms. The minimum absolute atomic E-state index is 0.0492. The Bertz CT molecular complexity index is 604. The van der Waals surface area contributed by atoms with E-state index >= 15 is 0 Å². The molecule has 100 valence electrons. The second-order valence-electron chi connectivity index (χ2n) is 4.03. The lowest BCUT2D eigenvalue weighted by atomic mass is 10.2. The maximum atomic E-state index is 11.3. The molecule has 0 spiro atoms. The summed E-state index contributed by atoms with van der Waals surface area (Å²) in [5.41, 5.74) is 8.29. The summed E-state index contributed by atoms with van der Waals surface area (Å²) in [5, 5.41) is 10.0. The molecule has 0 bridgehead atoms. The molecule has 1 amide bonds. The van der Waals surface area contributed by atoms with Gasteiger partial charge in [-0.2, -0.15) is 10.1 Å². The number of H-pyrrole nitrogens is 1. The molecule has 7 nitrogen and oxygen atoms in total. The zero-order valence-electron chi connectivity index (χ0n) is 10.5. The van der Waals surface area contributed by atoms with Crippen molar-refractivity contribution in [3.8, 4) is 0 Å². The third-order valence-electron chi connectivity index (χ3n) is 2.74. The van der Waals surface area contributed by atoms with Gasteiger partial charge >= 0.3 is 0 Å². The lowest BCUT2D eigenvalue weighted by molar-refractivity contribution is 0.100. The van der Waals surface area contributed by atoms with Gasteiger partial charge in [0.15, 0.2) is 0 Å². The minimum Gasteiger partial charge on any atom is -0.365 e. The molecular formula is C11H13ClN6O. The topological polar surface area (TPSA) is 110 Å². The van der Waals surface area contributed by atoms with Crippen LogP contribution in [-0.2, 0) is 6.54 Å². The summed E-state index contributed by atoms with van der Waals surface area (Å²) in [4.78, 5) is 19.0. The van der Waals surface area contributed by atoms with E-state index < -0.39 is 5.91 Å². The lowest BCUT2D eigenvalue weighted by Gasteiger charge is -2.09. The molecular weight excluding hydrogens is 268 g/mol. The molecule has 0 unspecified atom stereocenters. The predicted molar refractivity (Wildman–Crippen MR) is 70.9 cm³/mol. The van der Waals surface area contributed by atoms with E-state index in [1.54, 1.807) is 0 Å². The number of nitrogens with zero attached hydrogens (tertiary/aromatic N) is 3. The lowest BCUT2D eigenvalue weighted by Crippen LogP contribution is -2.16. The van der Waals surface area contributed by atoms with Gasteiger partial charge in [-0.15, -0.1) is 0 Å². The molecule has 0 aliphatic carbocycles. The number of anilines is 1. The Balaban J connectivity index is 2.24. The van der Waals surface area contributed by atoms with Crippen LogP contribution in [0.15, 0.2) is 6.20 Å². The Labute approximate surface area is 114 Å². The number of aryl methyl sites for hydroxylation is 2. The number of nitrogens with one attached hydrogen (secondary N) is 2. The number of carbonyl (C=O) groups is 1. The van der Waals surface area contributed by atoms with E-state index in [1.165, 1.54) is 6.20 Å². The summed E-state index contributed by atoms with van der Waals surface area (Å²) in [5.74, 6) is -0.299. The number of carbonyl (C=O) groups excluding carboxylic acids is 1. The van der Waals surface area contributed by atoms with Gasteiger partial charge in [0.05, 0.1) is 11.3 Å². The number of primary amides is 1. The molecule has 0 aliphatic heterocycles. The van der Waals surface area contributed by atoms with Crippen LogP contribution in [0.1, 0.15) is 27.3 Å². The summed E-state index contributed by atoms with van der Waals surface area (Å²) < 4.78 is 0. The molecule has 0 radical (unpaired) electrons. The van der Waals surface area contributed by atoms with E-state index in [1.807, 2.05) is 13.8 Å². The average molecular weight is 281 g/mol. The van der Waals surface area contributed by atoms with E-state index in [9.17, 15) is 4.79 Å². The van der Waals surface area contributed by atoms with Crippen molar-refractivity contribution in [1.29, 1.82) is 0 Å². The fraction of sp³-hybridized carbons (Fsp3) is 0.273. The number of hydrogen-bond acceptors (Lipinski definition) is 5. The number of hydrogen-bond donors (Lipinski definition) is 3. The molecule has 2 aromatic rings. The normalized spacial score (nSPS) is 10.5. The Morgan fingerprint density at radius 1 is 1.53 bits per heavy atom.